The number of hydrogen-bond donors (Lipinski definition) is 0. The predicted octanol–water partition coefficient (Wildman–Crippen LogP) is 5.23. The van der Waals surface area contributed by atoms with Gasteiger partial charge < -0.3 is 4.74 Å². The zero-order valence-electron chi connectivity index (χ0n) is 13.1. The lowest BCUT2D eigenvalue weighted by atomic mass is 9.91. The monoisotopic (exact) mass is 278 g/mol. The zero-order valence-corrected chi connectivity index (χ0v) is 13.1. The summed E-state index contributed by atoms with van der Waals surface area (Å²) in [5.41, 5.74) is 7.99. The number of fused-ring (bicyclic) bond motifs is 1. The molecule has 21 heavy (non-hydrogen) atoms. The van der Waals surface area contributed by atoms with Crippen molar-refractivity contribution >= 4 is 5.57 Å². The molecule has 2 aromatic carbocycles. The van der Waals surface area contributed by atoms with Crippen LogP contribution >= 0.6 is 0 Å². The summed E-state index contributed by atoms with van der Waals surface area (Å²) >= 11 is 0. The molecule has 0 saturated carbocycles. The third-order valence-electron chi connectivity index (χ3n) is 4.27. The van der Waals surface area contributed by atoms with Crippen molar-refractivity contribution in [1.82, 2.24) is 0 Å². The van der Waals surface area contributed by atoms with Gasteiger partial charge in [-0.15, -0.1) is 0 Å². The van der Waals surface area contributed by atoms with Gasteiger partial charge in [0.05, 0.1) is 0 Å². The summed E-state index contributed by atoms with van der Waals surface area (Å²) in [6.45, 7) is 7.08. The second kappa shape index (κ2) is 5.77. The summed E-state index contributed by atoms with van der Waals surface area (Å²) in [7, 11) is 0. The van der Waals surface area contributed by atoms with E-state index in [-0.39, 0.29) is 0 Å². The van der Waals surface area contributed by atoms with Crippen LogP contribution in [0.1, 0.15) is 41.2 Å². The minimum absolute atomic E-state index is 0.634. The van der Waals surface area contributed by atoms with Gasteiger partial charge in [-0.3, -0.25) is 0 Å². The molecule has 0 spiro atoms. The van der Waals surface area contributed by atoms with Crippen LogP contribution in [0.5, 0.6) is 5.75 Å². The van der Waals surface area contributed by atoms with Crippen LogP contribution in [-0.2, 0) is 13.0 Å². The average Bonchev–Trinajstić information content (AvgIpc) is 2.49. The lowest BCUT2D eigenvalue weighted by Crippen LogP contribution is -2.01. The van der Waals surface area contributed by atoms with Crippen LogP contribution in [0.2, 0.25) is 0 Å². The van der Waals surface area contributed by atoms with E-state index in [1.807, 2.05) is 0 Å². The van der Waals surface area contributed by atoms with Crippen LogP contribution in [0.3, 0.4) is 0 Å². The molecule has 0 saturated heterocycles. The summed E-state index contributed by atoms with van der Waals surface area (Å²) in [5, 5.41) is 0. The Hall–Kier alpha value is -2.02. The molecule has 0 amide bonds. The van der Waals surface area contributed by atoms with Crippen LogP contribution in [0, 0.1) is 13.8 Å². The van der Waals surface area contributed by atoms with Crippen LogP contribution in [0.15, 0.2) is 42.5 Å². The van der Waals surface area contributed by atoms with E-state index < -0.39 is 0 Å². The molecule has 0 unspecified atom stereocenters. The molecule has 0 aromatic heterocycles. The van der Waals surface area contributed by atoms with Crippen molar-refractivity contribution in [3.8, 4) is 5.75 Å². The van der Waals surface area contributed by atoms with E-state index in [2.05, 4.69) is 63.2 Å². The summed E-state index contributed by atoms with van der Waals surface area (Å²) in [6.07, 6.45) is 4.61. The molecule has 0 radical (unpaired) electrons. The van der Waals surface area contributed by atoms with Gasteiger partial charge in [0.1, 0.15) is 12.4 Å². The molecule has 3 rings (SSSR count). The van der Waals surface area contributed by atoms with Crippen molar-refractivity contribution < 1.29 is 4.74 Å². The molecule has 1 heteroatoms. The number of aryl methyl sites for hydroxylation is 3. The molecule has 108 valence electrons. The van der Waals surface area contributed by atoms with Crippen LogP contribution < -0.4 is 4.74 Å². The van der Waals surface area contributed by atoms with Gasteiger partial charge in [0, 0.05) is 0 Å². The highest BCUT2D eigenvalue weighted by Crippen LogP contribution is 2.29. The number of hydrogen-bond acceptors (Lipinski definition) is 1. The molecule has 0 atom stereocenters. The zero-order chi connectivity index (χ0) is 14.8. The molecule has 0 heterocycles. The van der Waals surface area contributed by atoms with E-state index in [1.54, 1.807) is 0 Å². The molecule has 0 bridgehead atoms. The van der Waals surface area contributed by atoms with Gasteiger partial charge >= 0.3 is 0 Å². The normalized spacial score (nSPS) is 13.6. The summed E-state index contributed by atoms with van der Waals surface area (Å²) in [5.74, 6) is 0.962. The molecular formula is C20H22O. The highest BCUT2D eigenvalue weighted by atomic mass is 16.5. The third-order valence-corrected chi connectivity index (χ3v) is 4.27. The molecule has 2 aromatic rings. The largest absolute Gasteiger partial charge is 0.489 e. The maximum Gasteiger partial charge on any atom is 0.120 e. The first-order valence-corrected chi connectivity index (χ1v) is 7.62. The SMILES string of the molecule is CC1=CCCc2ccc(OCc3cc(C)ccc3C)cc21. The second-order valence-corrected chi connectivity index (χ2v) is 5.96. The van der Waals surface area contributed by atoms with Gasteiger partial charge in [-0.05, 0) is 73.6 Å². The minimum atomic E-state index is 0.634. The van der Waals surface area contributed by atoms with Crippen molar-refractivity contribution in [2.24, 2.45) is 0 Å². The first kappa shape index (κ1) is 13.9. The van der Waals surface area contributed by atoms with Crippen molar-refractivity contribution in [2.45, 2.75) is 40.2 Å². The van der Waals surface area contributed by atoms with E-state index in [0.717, 1.165) is 18.6 Å². The van der Waals surface area contributed by atoms with Gasteiger partial charge in [-0.1, -0.05) is 35.9 Å². The maximum absolute atomic E-state index is 6.02. The van der Waals surface area contributed by atoms with Gasteiger partial charge in [0.25, 0.3) is 0 Å². The Morgan fingerprint density at radius 2 is 1.86 bits per heavy atom. The highest BCUT2D eigenvalue weighted by Gasteiger charge is 2.10. The Bertz CT molecular complexity index is 695. The van der Waals surface area contributed by atoms with Crippen molar-refractivity contribution in [1.29, 1.82) is 0 Å². The molecule has 0 fully saturated rings. The van der Waals surface area contributed by atoms with E-state index in [0.29, 0.717) is 6.61 Å². The number of allylic oxidation sites excluding steroid dienone is 2. The summed E-state index contributed by atoms with van der Waals surface area (Å²) < 4.78 is 6.02. The lowest BCUT2D eigenvalue weighted by Gasteiger charge is -2.17. The van der Waals surface area contributed by atoms with Crippen molar-refractivity contribution in [3.05, 3.63) is 70.3 Å². The Balaban J connectivity index is 1.79. The van der Waals surface area contributed by atoms with Gasteiger partial charge in [-0.2, -0.15) is 0 Å². The average molecular weight is 278 g/mol. The molecule has 0 aliphatic heterocycles. The van der Waals surface area contributed by atoms with Crippen LogP contribution in [-0.4, -0.2) is 0 Å². The molecule has 1 aliphatic rings. The second-order valence-electron chi connectivity index (χ2n) is 5.96. The first-order valence-electron chi connectivity index (χ1n) is 7.62. The fraction of sp³-hybridized carbons (Fsp3) is 0.300. The number of benzene rings is 2. The summed E-state index contributed by atoms with van der Waals surface area (Å²) in [4.78, 5) is 0. The highest BCUT2D eigenvalue weighted by molar-refractivity contribution is 5.69. The fourth-order valence-corrected chi connectivity index (χ4v) is 2.90. The molecule has 0 N–H and O–H groups in total. The Morgan fingerprint density at radius 3 is 2.71 bits per heavy atom. The van der Waals surface area contributed by atoms with Crippen molar-refractivity contribution in [3.63, 3.8) is 0 Å². The number of rotatable bonds is 3. The fourth-order valence-electron chi connectivity index (χ4n) is 2.90. The quantitative estimate of drug-likeness (QED) is 0.746. The van der Waals surface area contributed by atoms with Crippen molar-refractivity contribution in [2.75, 3.05) is 0 Å². The van der Waals surface area contributed by atoms with Crippen LogP contribution in [0.4, 0.5) is 0 Å². The van der Waals surface area contributed by atoms with E-state index in [9.17, 15) is 0 Å². The topological polar surface area (TPSA) is 9.23 Å². The van der Waals surface area contributed by atoms with Gasteiger partial charge in [-0.25, -0.2) is 0 Å². The molecular weight excluding hydrogens is 256 g/mol. The lowest BCUT2D eigenvalue weighted by molar-refractivity contribution is 0.305. The standard InChI is InChI=1S/C20H22O/c1-14-7-8-15(2)18(11-14)13-21-19-10-9-17-6-4-5-16(3)20(17)12-19/h5,7-12H,4,6,13H2,1-3H3. The van der Waals surface area contributed by atoms with E-state index >= 15 is 0 Å². The Labute approximate surface area is 127 Å². The molecule has 1 nitrogen and oxygen atoms in total. The third kappa shape index (κ3) is 3.02. The van der Waals surface area contributed by atoms with E-state index in [4.69, 9.17) is 4.74 Å². The van der Waals surface area contributed by atoms with Gasteiger partial charge in [0.15, 0.2) is 0 Å². The number of ether oxygens (including phenoxy) is 1. The van der Waals surface area contributed by atoms with Crippen LogP contribution in [0.25, 0.3) is 5.57 Å². The predicted molar refractivity (Wildman–Crippen MR) is 88.7 cm³/mol. The smallest absolute Gasteiger partial charge is 0.120 e. The Morgan fingerprint density at radius 1 is 1.00 bits per heavy atom. The molecule has 1 aliphatic carbocycles. The Kier molecular flexibility index (Phi) is 3.83. The first-order chi connectivity index (χ1) is 10.1. The summed E-state index contributed by atoms with van der Waals surface area (Å²) in [6, 6.07) is 13.0. The van der Waals surface area contributed by atoms with Gasteiger partial charge in [0.2, 0.25) is 0 Å². The van der Waals surface area contributed by atoms with E-state index in [1.165, 1.54) is 33.4 Å². The minimum Gasteiger partial charge on any atom is -0.489 e. The maximum atomic E-state index is 6.02.